The monoisotopic (exact) mass is 607 g/mol. The second-order valence-electron chi connectivity index (χ2n) is 11.7. The highest BCUT2D eigenvalue weighted by Gasteiger charge is 2.26. The standard InChI is InChI=1S/C33H45N5O6/c1-23(2)19-28-33(42)34-13-6-16-44-29-10-4-3-9-26(29)31(40)37-27(11-12-30(39)36-28)32(41)35-21-24-7-5-8-25(20-24)22-38-14-17-43-18-15-38/h3-5,7-10,20,23,27-28H,6,11-19,21-22H2,1-2H3,(H,34,42)(H,35,41)(H,36,39)(H,37,40)/t27-,28?/m0/s1. The molecule has 2 aromatic carbocycles. The molecule has 0 saturated carbocycles. The number of morpholine rings is 1. The van der Waals surface area contributed by atoms with Crippen molar-refractivity contribution in [3.05, 3.63) is 65.2 Å². The van der Waals surface area contributed by atoms with Gasteiger partial charge in [0.2, 0.25) is 17.7 Å². The predicted molar refractivity (Wildman–Crippen MR) is 166 cm³/mol. The second kappa shape index (κ2) is 16.8. The Bertz CT molecular complexity index is 1280. The highest BCUT2D eigenvalue weighted by Crippen LogP contribution is 2.19. The molecule has 4 amide bonds. The Kier molecular flexibility index (Phi) is 12.6. The number of carbonyl (C=O) groups excluding carboxylic acids is 4. The largest absolute Gasteiger partial charge is 0.493 e. The Morgan fingerprint density at radius 1 is 1.00 bits per heavy atom. The average Bonchev–Trinajstić information content (AvgIpc) is 3.01. The third-order valence-electron chi connectivity index (χ3n) is 7.62. The molecule has 0 aliphatic carbocycles. The fourth-order valence-corrected chi connectivity index (χ4v) is 5.29. The maximum atomic E-state index is 13.5. The fraction of sp³-hybridized carbons (Fsp3) is 0.515. The minimum absolute atomic E-state index is 0.0482. The van der Waals surface area contributed by atoms with Crippen LogP contribution in [-0.4, -0.2) is 80.1 Å². The molecule has 0 aromatic heterocycles. The van der Waals surface area contributed by atoms with Crippen LogP contribution in [0.3, 0.4) is 0 Å². The zero-order valence-corrected chi connectivity index (χ0v) is 25.7. The second-order valence-corrected chi connectivity index (χ2v) is 11.7. The summed E-state index contributed by atoms with van der Waals surface area (Å²) >= 11 is 0. The summed E-state index contributed by atoms with van der Waals surface area (Å²) < 4.78 is 11.3. The lowest BCUT2D eigenvalue weighted by Gasteiger charge is -2.26. The van der Waals surface area contributed by atoms with Gasteiger partial charge in [0, 0.05) is 39.1 Å². The number of hydrogen-bond donors (Lipinski definition) is 4. The van der Waals surface area contributed by atoms with E-state index in [0.29, 0.717) is 30.7 Å². The van der Waals surface area contributed by atoms with Crippen molar-refractivity contribution in [2.75, 3.05) is 39.5 Å². The van der Waals surface area contributed by atoms with Gasteiger partial charge in [-0.2, -0.15) is 0 Å². The zero-order valence-electron chi connectivity index (χ0n) is 25.7. The molecule has 0 radical (unpaired) electrons. The van der Waals surface area contributed by atoms with Gasteiger partial charge < -0.3 is 30.7 Å². The third kappa shape index (κ3) is 10.3. The van der Waals surface area contributed by atoms with Crippen LogP contribution < -0.4 is 26.0 Å². The van der Waals surface area contributed by atoms with E-state index in [-0.39, 0.29) is 43.7 Å². The molecule has 1 unspecified atom stereocenters. The molecule has 0 bridgehead atoms. The van der Waals surface area contributed by atoms with Crippen LogP contribution in [0.1, 0.15) is 61.0 Å². The van der Waals surface area contributed by atoms with Crippen molar-refractivity contribution in [2.24, 2.45) is 5.92 Å². The maximum Gasteiger partial charge on any atom is 0.255 e. The average molecular weight is 608 g/mol. The summed E-state index contributed by atoms with van der Waals surface area (Å²) in [6.07, 6.45) is 1.00. The van der Waals surface area contributed by atoms with Crippen LogP contribution in [0.25, 0.3) is 0 Å². The Hall–Kier alpha value is -3.96. The van der Waals surface area contributed by atoms with Gasteiger partial charge in [-0.25, -0.2) is 0 Å². The van der Waals surface area contributed by atoms with Gasteiger partial charge in [-0.05, 0) is 48.4 Å². The van der Waals surface area contributed by atoms with E-state index >= 15 is 0 Å². The summed E-state index contributed by atoms with van der Waals surface area (Å²) in [5, 5.41) is 11.5. The number of nitrogens with one attached hydrogen (secondary N) is 4. The van der Waals surface area contributed by atoms with Gasteiger partial charge in [0.25, 0.3) is 5.91 Å². The van der Waals surface area contributed by atoms with Gasteiger partial charge >= 0.3 is 0 Å². The lowest BCUT2D eigenvalue weighted by molar-refractivity contribution is -0.129. The topological polar surface area (TPSA) is 138 Å². The van der Waals surface area contributed by atoms with Crippen LogP contribution in [0.4, 0.5) is 0 Å². The first-order chi connectivity index (χ1) is 21.3. The number of nitrogens with zero attached hydrogens (tertiary/aromatic N) is 1. The van der Waals surface area contributed by atoms with Crippen molar-refractivity contribution in [3.8, 4) is 5.75 Å². The molecule has 2 aliphatic heterocycles. The molecule has 1 fully saturated rings. The normalized spacial score (nSPS) is 20.9. The molecule has 11 heteroatoms. The van der Waals surface area contributed by atoms with Crippen molar-refractivity contribution < 1.29 is 28.7 Å². The van der Waals surface area contributed by atoms with E-state index in [1.807, 2.05) is 26.0 Å². The van der Waals surface area contributed by atoms with E-state index in [0.717, 1.165) is 44.0 Å². The number of fused-ring (bicyclic) bond motifs is 1. The summed E-state index contributed by atoms with van der Waals surface area (Å²) in [6, 6.07) is 13.2. The van der Waals surface area contributed by atoms with E-state index in [2.05, 4.69) is 38.3 Å². The Labute approximate surface area is 259 Å². The molecule has 2 atom stereocenters. The van der Waals surface area contributed by atoms with Crippen molar-refractivity contribution in [3.63, 3.8) is 0 Å². The van der Waals surface area contributed by atoms with E-state index in [1.165, 1.54) is 0 Å². The zero-order chi connectivity index (χ0) is 31.3. The number of carbonyl (C=O) groups is 4. The molecular weight excluding hydrogens is 562 g/mol. The van der Waals surface area contributed by atoms with Crippen molar-refractivity contribution in [1.82, 2.24) is 26.2 Å². The summed E-state index contributed by atoms with van der Waals surface area (Å²) in [7, 11) is 0. The minimum atomic E-state index is -0.983. The highest BCUT2D eigenvalue weighted by molar-refractivity contribution is 5.99. The molecule has 2 heterocycles. The molecule has 238 valence electrons. The van der Waals surface area contributed by atoms with E-state index in [4.69, 9.17) is 9.47 Å². The first kappa shape index (κ1) is 32.9. The number of amides is 4. The predicted octanol–water partition coefficient (Wildman–Crippen LogP) is 2.14. The summed E-state index contributed by atoms with van der Waals surface area (Å²) in [5.74, 6) is -0.910. The van der Waals surface area contributed by atoms with Gasteiger partial charge in [-0.15, -0.1) is 0 Å². The molecule has 2 aliphatic rings. The molecule has 4 N–H and O–H groups in total. The first-order valence-electron chi connectivity index (χ1n) is 15.5. The van der Waals surface area contributed by atoms with Crippen LogP contribution in [0.5, 0.6) is 5.75 Å². The molecule has 4 rings (SSSR count). The summed E-state index contributed by atoms with van der Waals surface area (Å²) in [5.41, 5.74) is 2.37. The van der Waals surface area contributed by atoms with Crippen LogP contribution in [0.2, 0.25) is 0 Å². The summed E-state index contributed by atoms with van der Waals surface area (Å²) in [6.45, 7) is 8.90. The highest BCUT2D eigenvalue weighted by atomic mass is 16.5. The molecule has 1 saturated heterocycles. The lowest BCUT2D eigenvalue weighted by atomic mass is 10.0. The Morgan fingerprint density at radius 3 is 2.57 bits per heavy atom. The van der Waals surface area contributed by atoms with Crippen LogP contribution in [-0.2, 0) is 32.2 Å². The smallest absolute Gasteiger partial charge is 0.255 e. The SMILES string of the molecule is CC(C)CC1NC(=O)CC[C@@H](C(=O)NCc2cccc(CN3CCOCC3)c2)NC(=O)c2ccccc2OCCCNC1=O. The van der Waals surface area contributed by atoms with E-state index < -0.39 is 23.9 Å². The minimum Gasteiger partial charge on any atom is -0.493 e. The van der Waals surface area contributed by atoms with Gasteiger partial charge in [0.05, 0.1) is 25.4 Å². The van der Waals surface area contributed by atoms with Crippen molar-refractivity contribution >= 4 is 23.6 Å². The number of ether oxygens (including phenoxy) is 2. The van der Waals surface area contributed by atoms with E-state index in [9.17, 15) is 19.2 Å². The van der Waals surface area contributed by atoms with Crippen molar-refractivity contribution in [1.29, 1.82) is 0 Å². The van der Waals surface area contributed by atoms with Crippen LogP contribution in [0, 0.1) is 5.92 Å². The van der Waals surface area contributed by atoms with Crippen LogP contribution >= 0.6 is 0 Å². The van der Waals surface area contributed by atoms with Crippen molar-refractivity contribution in [2.45, 2.75) is 64.7 Å². The molecule has 44 heavy (non-hydrogen) atoms. The maximum absolute atomic E-state index is 13.5. The molecule has 0 spiro atoms. The number of rotatable bonds is 7. The Morgan fingerprint density at radius 2 is 1.77 bits per heavy atom. The van der Waals surface area contributed by atoms with Gasteiger partial charge in [-0.1, -0.05) is 50.2 Å². The lowest BCUT2D eigenvalue weighted by Crippen LogP contribution is -2.49. The third-order valence-corrected chi connectivity index (χ3v) is 7.62. The first-order valence-corrected chi connectivity index (χ1v) is 15.5. The van der Waals surface area contributed by atoms with Crippen LogP contribution in [0.15, 0.2) is 48.5 Å². The Balaban J connectivity index is 1.47. The van der Waals surface area contributed by atoms with Gasteiger partial charge in [-0.3, -0.25) is 24.1 Å². The molecule has 11 nitrogen and oxygen atoms in total. The number of para-hydroxylation sites is 1. The van der Waals surface area contributed by atoms with E-state index in [1.54, 1.807) is 24.3 Å². The number of benzene rings is 2. The summed E-state index contributed by atoms with van der Waals surface area (Å²) in [4.78, 5) is 55.0. The quantitative estimate of drug-likeness (QED) is 0.379. The van der Waals surface area contributed by atoms with Gasteiger partial charge in [0.15, 0.2) is 0 Å². The van der Waals surface area contributed by atoms with Gasteiger partial charge in [0.1, 0.15) is 17.8 Å². The number of hydrogen-bond acceptors (Lipinski definition) is 7. The molecular formula is C33H45N5O6. The molecule has 2 aromatic rings. The fourth-order valence-electron chi connectivity index (χ4n) is 5.29.